The number of hydrogen-bond donors (Lipinski definition) is 1. The molecule has 5 nitrogen and oxygen atoms in total. The molecule has 1 aromatic carbocycles. The van der Waals surface area contributed by atoms with Gasteiger partial charge in [0, 0.05) is 17.3 Å². The molecule has 0 aliphatic heterocycles. The van der Waals surface area contributed by atoms with Gasteiger partial charge in [0.1, 0.15) is 11.6 Å². The largest absolute Gasteiger partial charge is 0.383 e. The SMILES string of the molecule is Cc1cc(-n2nc(C)c(-c3ccccc3)c2N)nc(C)n1. The summed E-state index contributed by atoms with van der Waals surface area (Å²) in [5, 5.41) is 4.54. The number of rotatable bonds is 2. The lowest BCUT2D eigenvalue weighted by Gasteiger charge is -2.06. The van der Waals surface area contributed by atoms with E-state index in [0.29, 0.717) is 17.5 Å². The molecule has 0 aliphatic carbocycles. The summed E-state index contributed by atoms with van der Waals surface area (Å²) >= 11 is 0. The molecule has 3 rings (SSSR count). The molecule has 0 fully saturated rings. The summed E-state index contributed by atoms with van der Waals surface area (Å²) in [4.78, 5) is 8.71. The van der Waals surface area contributed by atoms with Crippen LogP contribution in [-0.4, -0.2) is 19.7 Å². The van der Waals surface area contributed by atoms with Gasteiger partial charge in [-0.05, 0) is 26.3 Å². The zero-order chi connectivity index (χ0) is 15.0. The smallest absolute Gasteiger partial charge is 0.159 e. The first-order valence-corrected chi connectivity index (χ1v) is 6.79. The molecule has 0 unspecified atom stereocenters. The van der Waals surface area contributed by atoms with Crippen molar-refractivity contribution in [3.8, 4) is 16.9 Å². The Hall–Kier alpha value is -2.69. The van der Waals surface area contributed by atoms with E-state index in [-0.39, 0.29) is 0 Å². The molecule has 0 bridgehead atoms. The average molecular weight is 279 g/mol. The normalized spacial score (nSPS) is 10.8. The molecule has 0 atom stereocenters. The lowest BCUT2D eigenvalue weighted by molar-refractivity contribution is 0.819. The first-order valence-electron chi connectivity index (χ1n) is 6.79. The highest BCUT2D eigenvalue weighted by Crippen LogP contribution is 2.30. The van der Waals surface area contributed by atoms with Gasteiger partial charge in [-0.1, -0.05) is 30.3 Å². The van der Waals surface area contributed by atoms with Crippen molar-refractivity contribution in [3.05, 3.63) is 53.6 Å². The third-order valence-corrected chi connectivity index (χ3v) is 3.33. The van der Waals surface area contributed by atoms with Crippen molar-refractivity contribution in [3.63, 3.8) is 0 Å². The van der Waals surface area contributed by atoms with Crippen LogP contribution in [0.5, 0.6) is 0 Å². The Bertz CT molecular complexity index is 770. The van der Waals surface area contributed by atoms with E-state index in [2.05, 4.69) is 15.1 Å². The molecule has 0 spiro atoms. The predicted octanol–water partition coefficient (Wildman–Crippen LogP) is 2.84. The molecule has 0 amide bonds. The minimum atomic E-state index is 0.594. The Kier molecular flexibility index (Phi) is 3.17. The molecule has 2 N–H and O–H groups in total. The maximum atomic E-state index is 6.31. The Balaban J connectivity index is 2.18. The van der Waals surface area contributed by atoms with Crippen LogP contribution in [0.4, 0.5) is 5.82 Å². The third-order valence-electron chi connectivity index (χ3n) is 3.33. The molecule has 0 saturated carbocycles. The molecule has 21 heavy (non-hydrogen) atoms. The van der Waals surface area contributed by atoms with Gasteiger partial charge in [-0.25, -0.2) is 9.97 Å². The summed E-state index contributed by atoms with van der Waals surface area (Å²) in [6.07, 6.45) is 0. The lowest BCUT2D eigenvalue weighted by atomic mass is 10.1. The second-order valence-corrected chi connectivity index (χ2v) is 5.04. The highest BCUT2D eigenvalue weighted by atomic mass is 15.3. The topological polar surface area (TPSA) is 69.6 Å². The Morgan fingerprint density at radius 1 is 1.00 bits per heavy atom. The quantitative estimate of drug-likeness (QED) is 0.783. The van der Waals surface area contributed by atoms with Crippen LogP contribution in [0, 0.1) is 20.8 Å². The van der Waals surface area contributed by atoms with E-state index >= 15 is 0 Å². The maximum Gasteiger partial charge on any atom is 0.159 e. The van der Waals surface area contributed by atoms with Gasteiger partial charge in [0.05, 0.1) is 5.69 Å². The van der Waals surface area contributed by atoms with Crippen molar-refractivity contribution in [1.29, 1.82) is 0 Å². The fraction of sp³-hybridized carbons (Fsp3) is 0.188. The summed E-state index contributed by atoms with van der Waals surface area (Å²) in [6, 6.07) is 11.9. The van der Waals surface area contributed by atoms with Crippen LogP contribution in [-0.2, 0) is 0 Å². The standard InChI is InChI=1S/C16H17N5/c1-10-9-14(19-12(3)18-10)21-16(17)15(11(2)20-21)13-7-5-4-6-8-13/h4-9H,17H2,1-3H3. The van der Waals surface area contributed by atoms with Crippen molar-refractivity contribution < 1.29 is 0 Å². The number of aryl methyl sites for hydroxylation is 3. The zero-order valence-electron chi connectivity index (χ0n) is 12.3. The summed E-state index contributed by atoms with van der Waals surface area (Å²) in [5.41, 5.74) is 10.1. The van der Waals surface area contributed by atoms with Gasteiger partial charge in [-0.15, -0.1) is 0 Å². The Morgan fingerprint density at radius 2 is 1.71 bits per heavy atom. The van der Waals surface area contributed by atoms with Crippen LogP contribution < -0.4 is 5.73 Å². The van der Waals surface area contributed by atoms with Gasteiger partial charge in [-0.2, -0.15) is 9.78 Å². The van der Waals surface area contributed by atoms with Crippen molar-refractivity contribution in [1.82, 2.24) is 19.7 Å². The fourth-order valence-corrected chi connectivity index (χ4v) is 2.49. The zero-order valence-corrected chi connectivity index (χ0v) is 12.3. The second kappa shape index (κ2) is 5.01. The van der Waals surface area contributed by atoms with E-state index in [1.807, 2.05) is 57.2 Å². The van der Waals surface area contributed by atoms with E-state index in [4.69, 9.17) is 5.73 Å². The third kappa shape index (κ3) is 2.38. The molecule has 0 radical (unpaired) electrons. The molecule has 3 aromatic rings. The van der Waals surface area contributed by atoms with Crippen LogP contribution in [0.3, 0.4) is 0 Å². The molecule has 2 aromatic heterocycles. The number of nitrogens with zero attached hydrogens (tertiary/aromatic N) is 4. The summed E-state index contributed by atoms with van der Waals surface area (Å²) in [5.74, 6) is 2.00. The van der Waals surface area contributed by atoms with Crippen molar-refractivity contribution >= 4 is 5.82 Å². The van der Waals surface area contributed by atoms with Gasteiger partial charge < -0.3 is 5.73 Å². The van der Waals surface area contributed by atoms with Crippen LogP contribution in [0.25, 0.3) is 16.9 Å². The van der Waals surface area contributed by atoms with Gasteiger partial charge >= 0.3 is 0 Å². The van der Waals surface area contributed by atoms with Crippen LogP contribution in [0.2, 0.25) is 0 Å². The summed E-state index contributed by atoms with van der Waals surface area (Å²) in [7, 11) is 0. The average Bonchev–Trinajstić information content (AvgIpc) is 2.74. The van der Waals surface area contributed by atoms with Crippen LogP contribution in [0.15, 0.2) is 36.4 Å². The highest BCUT2D eigenvalue weighted by molar-refractivity contribution is 5.77. The minimum Gasteiger partial charge on any atom is -0.383 e. The monoisotopic (exact) mass is 279 g/mol. The minimum absolute atomic E-state index is 0.594. The van der Waals surface area contributed by atoms with E-state index in [1.54, 1.807) is 4.68 Å². The highest BCUT2D eigenvalue weighted by Gasteiger charge is 2.16. The molecule has 2 heterocycles. The number of anilines is 1. The lowest BCUT2D eigenvalue weighted by Crippen LogP contribution is -2.07. The second-order valence-electron chi connectivity index (χ2n) is 5.04. The number of hydrogen-bond acceptors (Lipinski definition) is 4. The van der Waals surface area contributed by atoms with E-state index in [0.717, 1.165) is 22.5 Å². The fourth-order valence-electron chi connectivity index (χ4n) is 2.49. The van der Waals surface area contributed by atoms with Gasteiger partial charge in [-0.3, -0.25) is 0 Å². The molecule has 5 heteroatoms. The van der Waals surface area contributed by atoms with E-state index in [1.165, 1.54) is 0 Å². The predicted molar refractivity (Wildman–Crippen MR) is 83.2 cm³/mol. The molecular formula is C16H17N5. The first kappa shape index (κ1) is 13.3. The molecule has 106 valence electrons. The van der Waals surface area contributed by atoms with Gasteiger partial charge in [0.25, 0.3) is 0 Å². The Morgan fingerprint density at radius 3 is 2.38 bits per heavy atom. The number of nitrogens with two attached hydrogens (primary N) is 1. The van der Waals surface area contributed by atoms with Gasteiger partial charge in [0.2, 0.25) is 0 Å². The molecular weight excluding hydrogens is 262 g/mol. The number of benzene rings is 1. The van der Waals surface area contributed by atoms with Crippen molar-refractivity contribution in [2.75, 3.05) is 5.73 Å². The number of aromatic nitrogens is 4. The first-order chi connectivity index (χ1) is 10.1. The molecule has 0 saturated heterocycles. The Labute approximate surface area is 123 Å². The summed E-state index contributed by atoms with van der Waals surface area (Å²) < 4.78 is 1.68. The summed E-state index contributed by atoms with van der Waals surface area (Å²) in [6.45, 7) is 5.75. The molecule has 0 aliphatic rings. The maximum absolute atomic E-state index is 6.31. The van der Waals surface area contributed by atoms with E-state index < -0.39 is 0 Å². The van der Waals surface area contributed by atoms with Gasteiger partial charge in [0.15, 0.2) is 5.82 Å². The van der Waals surface area contributed by atoms with E-state index in [9.17, 15) is 0 Å². The van der Waals surface area contributed by atoms with Crippen molar-refractivity contribution in [2.45, 2.75) is 20.8 Å². The van der Waals surface area contributed by atoms with Crippen molar-refractivity contribution in [2.24, 2.45) is 0 Å². The van der Waals surface area contributed by atoms with Crippen LogP contribution >= 0.6 is 0 Å². The number of nitrogen functional groups attached to an aromatic ring is 1. The van der Waals surface area contributed by atoms with Crippen LogP contribution in [0.1, 0.15) is 17.2 Å².